The Balaban J connectivity index is 1.97. The van der Waals surface area contributed by atoms with Crippen LogP contribution in [0.25, 0.3) is 0 Å². The number of hydrogen-bond acceptors (Lipinski definition) is 6. The molecule has 8 nitrogen and oxygen atoms in total. The highest BCUT2D eigenvalue weighted by Crippen LogP contribution is 2.37. The number of hydrogen-bond donors (Lipinski definition) is 4. The zero-order valence-electron chi connectivity index (χ0n) is 8.10. The largest absolute Gasteiger partial charge is 0.356 e. The summed E-state index contributed by atoms with van der Waals surface area (Å²) in [6, 6.07) is 0. The highest BCUT2D eigenvalue weighted by Gasteiger charge is 2.66. The highest BCUT2D eigenvalue weighted by molar-refractivity contribution is 5.89. The van der Waals surface area contributed by atoms with Crippen LogP contribution in [0.4, 0.5) is 0 Å². The fourth-order valence-electron chi connectivity index (χ4n) is 2.13. The Bertz CT molecular complexity index is 351. The zero-order chi connectivity index (χ0) is 11.6. The smallest absolute Gasteiger partial charge is 0.283 e. The molecular formula is C8H10N2O6. The van der Waals surface area contributed by atoms with Gasteiger partial charge in [-0.25, -0.2) is 0 Å². The molecule has 0 unspecified atom stereocenters. The number of rotatable bonds is 0. The summed E-state index contributed by atoms with van der Waals surface area (Å²) in [5, 5.41) is 24.5. The van der Waals surface area contributed by atoms with Crippen LogP contribution >= 0.6 is 0 Å². The molecule has 2 amide bonds. The SMILES string of the molecule is O=C1NC[C@@H]2O[C@@]3(O)C(=O)NC[C@@H]3O[C@@]12O. The number of fused-ring (bicyclic) bond motifs is 2. The van der Waals surface area contributed by atoms with E-state index in [0.29, 0.717) is 0 Å². The van der Waals surface area contributed by atoms with Crippen LogP contribution in [-0.4, -0.2) is 58.9 Å². The van der Waals surface area contributed by atoms with E-state index in [1.807, 2.05) is 0 Å². The summed E-state index contributed by atoms with van der Waals surface area (Å²) in [4.78, 5) is 22.7. The number of nitrogens with one attached hydrogen (secondary N) is 2. The third-order valence-corrected chi connectivity index (χ3v) is 3.06. The topological polar surface area (TPSA) is 117 Å². The van der Waals surface area contributed by atoms with Crippen molar-refractivity contribution in [3.63, 3.8) is 0 Å². The normalized spacial score (nSPS) is 50.6. The Morgan fingerprint density at radius 1 is 1.00 bits per heavy atom. The molecule has 0 bridgehead atoms. The van der Waals surface area contributed by atoms with Crippen LogP contribution in [0.5, 0.6) is 0 Å². The fourth-order valence-corrected chi connectivity index (χ4v) is 2.13. The molecule has 0 radical (unpaired) electrons. The van der Waals surface area contributed by atoms with Crippen LogP contribution in [0, 0.1) is 0 Å². The van der Waals surface area contributed by atoms with Gasteiger partial charge in [-0.3, -0.25) is 9.59 Å². The molecule has 3 fully saturated rings. The van der Waals surface area contributed by atoms with Gasteiger partial charge >= 0.3 is 0 Å². The second-order valence-electron chi connectivity index (χ2n) is 4.03. The van der Waals surface area contributed by atoms with Crippen molar-refractivity contribution in [2.24, 2.45) is 0 Å². The third-order valence-electron chi connectivity index (χ3n) is 3.06. The Kier molecular flexibility index (Phi) is 1.69. The molecule has 4 N–H and O–H groups in total. The molecule has 0 spiro atoms. The highest BCUT2D eigenvalue weighted by atomic mass is 16.7. The van der Waals surface area contributed by atoms with Crippen LogP contribution in [0.2, 0.25) is 0 Å². The average Bonchev–Trinajstić information content (AvgIpc) is 2.66. The van der Waals surface area contributed by atoms with Crippen molar-refractivity contribution < 1.29 is 29.3 Å². The molecule has 88 valence electrons. The van der Waals surface area contributed by atoms with Gasteiger partial charge in [0, 0.05) is 13.1 Å². The lowest BCUT2D eigenvalue weighted by Gasteiger charge is -2.41. The van der Waals surface area contributed by atoms with Crippen molar-refractivity contribution >= 4 is 11.8 Å². The maximum absolute atomic E-state index is 11.4. The van der Waals surface area contributed by atoms with E-state index in [1.54, 1.807) is 0 Å². The summed E-state index contributed by atoms with van der Waals surface area (Å²) in [7, 11) is 0. The fraction of sp³-hybridized carbons (Fsp3) is 0.750. The number of carbonyl (C=O) groups excluding carboxylic acids is 2. The van der Waals surface area contributed by atoms with Gasteiger partial charge in [0.2, 0.25) is 0 Å². The first-order chi connectivity index (χ1) is 7.47. The predicted molar refractivity (Wildman–Crippen MR) is 45.7 cm³/mol. The molecule has 3 saturated heterocycles. The first kappa shape index (κ1) is 9.97. The minimum Gasteiger partial charge on any atom is -0.356 e. The number of ether oxygens (including phenoxy) is 2. The van der Waals surface area contributed by atoms with Gasteiger partial charge in [0.25, 0.3) is 23.4 Å². The van der Waals surface area contributed by atoms with E-state index in [2.05, 4.69) is 10.6 Å². The lowest BCUT2D eigenvalue weighted by Crippen LogP contribution is -2.65. The summed E-state index contributed by atoms with van der Waals surface area (Å²) in [6.45, 7) is -0.0325. The van der Waals surface area contributed by atoms with Gasteiger partial charge in [0.05, 0.1) is 0 Å². The summed E-state index contributed by atoms with van der Waals surface area (Å²) >= 11 is 0. The van der Waals surface area contributed by atoms with Crippen molar-refractivity contribution in [3.05, 3.63) is 0 Å². The summed E-state index contributed by atoms with van der Waals surface area (Å²) in [5.74, 6) is -5.69. The van der Waals surface area contributed by atoms with Crippen LogP contribution < -0.4 is 10.6 Å². The van der Waals surface area contributed by atoms with Gasteiger partial charge in [-0.2, -0.15) is 0 Å². The Morgan fingerprint density at radius 2 is 1.38 bits per heavy atom. The monoisotopic (exact) mass is 230 g/mol. The van der Waals surface area contributed by atoms with E-state index in [0.717, 1.165) is 0 Å². The van der Waals surface area contributed by atoms with Gasteiger partial charge in [-0.1, -0.05) is 0 Å². The molecule has 3 aliphatic heterocycles. The van der Waals surface area contributed by atoms with E-state index in [9.17, 15) is 19.8 Å². The molecule has 3 heterocycles. The Morgan fingerprint density at radius 3 is 1.75 bits per heavy atom. The van der Waals surface area contributed by atoms with Gasteiger partial charge < -0.3 is 30.3 Å². The van der Waals surface area contributed by atoms with E-state index in [1.165, 1.54) is 0 Å². The van der Waals surface area contributed by atoms with Crippen molar-refractivity contribution in [2.45, 2.75) is 23.8 Å². The van der Waals surface area contributed by atoms with Crippen LogP contribution in [-0.2, 0) is 19.1 Å². The van der Waals surface area contributed by atoms with Crippen molar-refractivity contribution in [1.82, 2.24) is 10.6 Å². The first-order valence-corrected chi connectivity index (χ1v) is 4.84. The molecule has 0 saturated carbocycles. The minimum absolute atomic E-state index is 0.0162. The van der Waals surface area contributed by atoms with Gasteiger partial charge in [0.1, 0.15) is 12.2 Å². The molecular weight excluding hydrogens is 220 g/mol. The quantitative estimate of drug-likeness (QED) is 0.341. The van der Waals surface area contributed by atoms with Crippen molar-refractivity contribution in [2.75, 3.05) is 13.1 Å². The molecule has 0 aromatic heterocycles. The Labute approximate surface area is 89.5 Å². The van der Waals surface area contributed by atoms with Gasteiger partial charge in [-0.15, -0.1) is 0 Å². The molecule has 3 aliphatic rings. The summed E-state index contributed by atoms with van der Waals surface area (Å²) < 4.78 is 10.2. The van der Waals surface area contributed by atoms with Gasteiger partial charge in [0.15, 0.2) is 0 Å². The van der Waals surface area contributed by atoms with Crippen molar-refractivity contribution in [3.8, 4) is 0 Å². The van der Waals surface area contributed by atoms with Crippen molar-refractivity contribution in [1.29, 1.82) is 0 Å². The molecule has 16 heavy (non-hydrogen) atoms. The molecule has 8 heteroatoms. The lowest BCUT2D eigenvalue weighted by molar-refractivity contribution is -0.377. The molecule has 4 atom stereocenters. The second kappa shape index (κ2) is 2.72. The lowest BCUT2D eigenvalue weighted by atomic mass is 10.1. The molecule has 0 aromatic rings. The first-order valence-electron chi connectivity index (χ1n) is 4.84. The van der Waals surface area contributed by atoms with E-state index >= 15 is 0 Å². The Hall–Kier alpha value is -1.22. The van der Waals surface area contributed by atoms with E-state index in [4.69, 9.17) is 9.47 Å². The molecule has 3 rings (SSSR count). The molecule has 0 aromatic carbocycles. The molecule has 0 aliphatic carbocycles. The number of aliphatic hydroxyl groups is 2. The predicted octanol–water partition coefficient (Wildman–Crippen LogP) is -3.59. The summed E-state index contributed by atoms with van der Waals surface area (Å²) in [5.41, 5.74) is 0. The van der Waals surface area contributed by atoms with Gasteiger partial charge in [-0.05, 0) is 0 Å². The number of amides is 2. The third kappa shape index (κ3) is 0.969. The number of carbonyl (C=O) groups is 2. The van der Waals surface area contributed by atoms with Crippen LogP contribution in [0.3, 0.4) is 0 Å². The van der Waals surface area contributed by atoms with E-state index in [-0.39, 0.29) is 13.1 Å². The minimum atomic E-state index is -2.12. The maximum atomic E-state index is 11.4. The standard InChI is InChI=1S/C8H10N2O6/c11-5-7(13)3(1-9-5)15-8(14)4(16-7)2-10-6(8)12/h3-4,13-14H,1-2H2,(H,9,11)(H,10,12)/t3-,4-,7+,8+/m0/s1. The maximum Gasteiger partial charge on any atom is 0.283 e. The van der Waals surface area contributed by atoms with E-state index < -0.39 is 35.6 Å². The summed E-state index contributed by atoms with van der Waals surface area (Å²) in [6.07, 6.45) is -2.19. The van der Waals surface area contributed by atoms with Crippen LogP contribution in [0.15, 0.2) is 0 Å². The second-order valence-corrected chi connectivity index (χ2v) is 4.03. The van der Waals surface area contributed by atoms with Crippen LogP contribution in [0.1, 0.15) is 0 Å². The zero-order valence-corrected chi connectivity index (χ0v) is 8.10. The average molecular weight is 230 g/mol.